The van der Waals surface area contributed by atoms with Crippen LogP contribution in [0, 0.1) is 16.9 Å². The van der Waals surface area contributed by atoms with Crippen molar-refractivity contribution in [1.82, 2.24) is 0 Å². The second kappa shape index (κ2) is 13.0. The van der Waals surface area contributed by atoms with Crippen LogP contribution in [0.4, 0.5) is 10.1 Å². The summed E-state index contributed by atoms with van der Waals surface area (Å²) >= 11 is 0. The molecule has 1 aliphatic rings. The summed E-state index contributed by atoms with van der Waals surface area (Å²) in [6.07, 6.45) is -2.57. The fourth-order valence-electron chi connectivity index (χ4n) is 5.39. The Balaban J connectivity index is 1.90. The molecule has 0 aromatic heterocycles. The molecule has 1 heterocycles. The van der Waals surface area contributed by atoms with Crippen molar-refractivity contribution in [3.05, 3.63) is 118 Å². The van der Waals surface area contributed by atoms with Gasteiger partial charge in [-0.1, -0.05) is 62.4 Å². The number of allylic oxidation sites excluding steroid dienone is 1. The van der Waals surface area contributed by atoms with E-state index in [9.17, 15) is 23.9 Å². The first-order valence-corrected chi connectivity index (χ1v) is 13.7. The fourth-order valence-corrected chi connectivity index (χ4v) is 5.39. The van der Waals surface area contributed by atoms with E-state index >= 15 is 5.21 Å². The smallest absolute Gasteiger partial charge is 0.310 e. The van der Waals surface area contributed by atoms with Crippen LogP contribution in [0.15, 0.2) is 96.2 Å². The van der Waals surface area contributed by atoms with Crippen molar-refractivity contribution in [3.63, 3.8) is 0 Å². The van der Waals surface area contributed by atoms with Gasteiger partial charge in [0.2, 0.25) is 0 Å². The predicted molar refractivity (Wildman–Crippen MR) is 158 cm³/mol. The van der Waals surface area contributed by atoms with E-state index in [1.165, 1.54) is 24.3 Å². The van der Waals surface area contributed by atoms with E-state index in [2.05, 4.69) is 5.32 Å². The number of ketones is 1. The maximum absolute atomic E-state index is 15.3. The van der Waals surface area contributed by atoms with E-state index in [1.807, 2.05) is 12.1 Å². The van der Waals surface area contributed by atoms with Crippen LogP contribution in [0.1, 0.15) is 44.2 Å². The molecule has 0 radical (unpaired) electrons. The Morgan fingerprint density at radius 3 is 2.07 bits per heavy atom. The van der Waals surface area contributed by atoms with Gasteiger partial charge in [0.1, 0.15) is 29.3 Å². The molecule has 0 aliphatic carbocycles. The molecule has 218 valence electrons. The number of hydroxylamine groups is 3. The van der Waals surface area contributed by atoms with Crippen LogP contribution in [-0.4, -0.2) is 45.2 Å². The molecule has 2 atom stereocenters. The third kappa shape index (κ3) is 6.71. The number of carboxylic acids is 1. The number of hydrogen-bond acceptors (Lipinski definition) is 5. The highest BCUT2D eigenvalue weighted by Gasteiger charge is 2.47. The fraction of sp³-hybridized carbons (Fsp3) is 0.242. The van der Waals surface area contributed by atoms with E-state index in [-0.39, 0.29) is 29.9 Å². The number of carbonyl (C=O) groups excluding carboxylic acids is 2. The highest BCUT2D eigenvalue weighted by molar-refractivity contribution is 6.20. The molecular formula is C33H33FN2O6. The van der Waals surface area contributed by atoms with Gasteiger partial charge in [-0.15, -0.1) is 0 Å². The van der Waals surface area contributed by atoms with E-state index in [0.29, 0.717) is 22.4 Å². The summed E-state index contributed by atoms with van der Waals surface area (Å²) in [5.74, 6) is -3.37. The van der Waals surface area contributed by atoms with Crippen molar-refractivity contribution in [1.29, 1.82) is 0 Å². The van der Waals surface area contributed by atoms with Gasteiger partial charge >= 0.3 is 5.97 Å². The Hall–Kier alpha value is -4.44. The molecule has 3 N–H and O–H groups in total. The molecule has 4 rings (SSSR count). The summed E-state index contributed by atoms with van der Waals surface area (Å²) in [5.41, 5.74) is 2.61. The van der Waals surface area contributed by atoms with E-state index in [4.69, 9.17) is 5.11 Å². The van der Waals surface area contributed by atoms with E-state index < -0.39 is 53.0 Å². The number of para-hydroxylation sites is 1. The van der Waals surface area contributed by atoms with E-state index in [0.717, 1.165) is 0 Å². The molecule has 0 saturated carbocycles. The molecule has 0 bridgehead atoms. The van der Waals surface area contributed by atoms with Gasteiger partial charge in [-0.2, -0.15) is 0 Å². The van der Waals surface area contributed by atoms with Crippen molar-refractivity contribution in [3.8, 4) is 0 Å². The number of aliphatic hydroxyl groups excluding tert-OH is 1. The Bertz CT molecular complexity index is 1520. The molecule has 9 heteroatoms. The molecule has 2 unspecified atom stereocenters. The van der Waals surface area contributed by atoms with Crippen LogP contribution in [0.3, 0.4) is 0 Å². The van der Waals surface area contributed by atoms with Crippen LogP contribution in [-0.2, 0) is 14.4 Å². The van der Waals surface area contributed by atoms with Gasteiger partial charge in [-0.3, -0.25) is 19.0 Å². The number of amides is 1. The van der Waals surface area contributed by atoms with E-state index in [1.54, 1.807) is 62.4 Å². The number of anilines is 1. The summed E-state index contributed by atoms with van der Waals surface area (Å²) in [7, 11) is 0. The van der Waals surface area contributed by atoms with Crippen LogP contribution in [0.2, 0.25) is 0 Å². The maximum atomic E-state index is 15.3. The lowest BCUT2D eigenvalue weighted by molar-refractivity contribution is -0.770. The molecule has 0 spiro atoms. The lowest BCUT2D eigenvalue weighted by Gasteiger charge is -2.44. The number of nitrogens with one attached hydrogen (secondary N) is 1. The number of nitrogens with zero attached hydrogens (tertiary/aromatic N) is 1. The molecule has 0 fully saturated rings. The zero-order chi connectivity index (χ0) is 30.4. The van der Waals surface area contributed by atoms with Crippen LogP contribution in [0.25, 0.3) is 11.3 Å². The number of quaternary nitrogens is 1. The van der Waals surface area contributed by atoms with Gasteiger partial charge in [-0.05, 0) is 42.0 Å². The first-order chi connectivity index (χ1) is 20.0. The Kier molecular flexibility index (Phi) is 9.47. The molecule has 42 heavy (non-hydrogen) atoms. The van der Waals surface area contributed by atoms with Crippen molar-refractivity contribution >= 4 is 34.6 Å². The van der Waals surface area contributed by atoms with Crippen molar-refractivity contribution < 1.29 is 33.6 Å². The van der Waals surface area contributed by atoms with Gasteiger partial charge in [0, 0.05) is 30.0 Å². The maximum Gasteiger partial charge on any atom is 0.310 e. The highest BCUT2D eigenvalue weighted by Crippen LogP contribution is 2.51. The third-order valence-corrected chi connectivity index (χ3v) is 7.07. The first-order valence-electron chi connectivity index (χ1n) is 13.7. The van der Waals surface area contributed by atoms with Crippen LogP contribution >= 0.6 is 0 Å². The molecule has 3 aromatic rings. The number of carbonyl (C=O) groups is 3. The summed E-state index contributed by atoms with van der Waals surface area (Å²) in [6, 6.07) is 23.3. The lowest BCUT2D eigenvalue weighted by atomic mass is 9.92. The molecular weight excluding hydrogens is 539 g/mol. The SMILES string of the molecule is CC(C)C1=C(C(=O)Nc2ccccc2)C(c2ccccc2)=C(c2ccc(F)cc2)[N+]1([O-])CCC(O)CC(=O)CC(=O)O. The van der Waals surface area contributed by atoms with Gasteiger partial charge < -0.3 is 20.7 Å². The molecule has 0 saturated heterocycles. The zero-order valence-corrected chi connectivity index (χ0v) is 23.4. The minimum absolute atomic E-state index is 0.147. The summed E-state index contributed by atoms with van der Waals surface area (Å²) in [4.78, 5) is 37.0. The van der Waals surface area contributed by atoms with Crippen LogP contribution < -0.4 is 5.32 Å². The zero-order valence-electron chi connectivity index (χ0n) is 23.4. The Morgan fingerprint density at radius 1 is 0.905 bits per heavy atom. The van der Waals surface area contributed by atoms with Crippen molar-refractivity contribution in [2.75, 3.05) is 11.9 Å². The highest BCUT2D eigenvalue weighted by atomic mass is 19.1. The van der Waals surface area contributed by atoms with Gasteiger partial charge in [0.15, 0.2) is 5.70 Å². The van der Waals surface area contributed by atoms with Gasteiger partial charge in [0.05, 0.1) is 18.2 Å². The predicted octanol–water partition coefficient (Wildman–Crippen LogP) is 5.76. The molecule has 1 amide bonds. The largest absolute Gasteiger partial charge is 0.622 e. The second-order valence-electron chi connectivity index (χ2n) is 10.6. The monoisotopic (exact) mass is 572 g/mol. The average molecular weight is 573 g/mol. The number of aliphatic hydroxyl groups is 1. The minimum atomic E-state index is -1.30. The number of Topliss-reactive ketones (excluding diaryl/α,β-unsaturated/α-hetero) is 1. The number of aliphatic carboxylic acids is 1. The summed E-state index contributed by atoms with van der Waals surface area (Å²) < 4.78 is 12.9. The molecule has 3 aromatic carbocycles. The molecule has 1 aliphatic heterocycles. The number of halogens is 1. The van der Waals surface area contributed by atoms with Gasteiger partial charge in [0.25, 0.3) is 5.91 Å². The van der Waals surface area contributed by atoms with Crippen molar-refractivity contribution in [2.24, 2.45) is 5.92 Å². The second-order valence-corrected chi connectivity index (χ2v) is 10.6. The summed E-state index contributed by atoms with van der Waals surface area (Å²) in [6.45, 7) is 3.36. The number of benzene rings is 3. The quantitative estimate of drug-likeness (QED) is 0.144. The normalized spacial score (nSPS) is 17.5. The summed E-state index contributed by atoms with van der Waals surface area (Å²) in [5, 5.41) is 37.7. The molecule has 8 nitrogen and oxygen atoms in total. The Labute approximate surface area is 243 Å². The van der Waals surface area contributed by atoms with Gasteiger partial charge in [-0.25, -0.2) is 4.39 Å². The Morgan fingerprint density at radius 2 is 1.50 bits per heavy atom. The average Bonchev–Trinajstić information content (AvgIpc) is 3.22. The number of rotatable bonds is 12. The number of hydrogen-bond donors (Lipinski definition) is 3. The van der Waals surface area contributed by atoms with Crippen LogP contribution in [0.5, 0.6) is 0 Å². The van der Waals surface area contributed by atoms with Crippen molar-refractivity contribution in [2.45, 2.75) is 39.2 Å². The minimum Gasteiger partial charge on any atom is -0.622 e. The third-order valence-electron chi connectivity index (χ3n) is 7.07. The lowest BCUT2D eigenvalue weighted by Crippen LogP contribution is -2.42. The number of carboxylic acid groups (broad SMARTS) is 1. The topological polar surface area (TPSA) is 127 Å². The standard InChI is InChI=1S/C33H33FN2O6/c1-21(2)31-30(33(41)35-25-11-7-4-8-12-25)29(22-9-5-3-6-10-22)32(23-13-15-24(34)16-14-23)36(31,42)18-17-26(37)19-27(38)20-28(39)40/h3-16,21,26,37H,17-20H2,1-2H3,(H,35,41)(H,39,40). The first kappa shape index (κ1) is 30.5.